The number of amides is 2. The molecule has 2 aromatic heterocycles. The fourth-order valence-electron chi connectivity index (χ4n) is 5.22. The Morgan fingerprint density at radius 1 is 1.05 bits per heavy atom. The highest BCUT2D eigenvalue weighted by molar-refractivity contribution is 6.10. The van der Waals surface area contributed by atoms with Crippen molar-refractivity contribution < 1.29 is 34.5 Å². The molecule has 1 saturated heterocycles. The number of likely N-dealkylation sites (tertiary alicyclic amines) is 1. The summed E-state index contributed by atoms with van der Waals surface area (Å²) >= 11 is 0. The number of aliphatic carboxylic acids is 2. The maximum absolute atomic E-state index is 13.3. The van der Waals surface area contributed by atoms with Crippen molar-refractivity contribution in [2.24, 2.45) is 0 Å². The van der Waals surface area contributed by atoms with Crippen molar-refractivity contribution in [2.75, 3.05) is 6.54 Å². The number of pyridine rings is 1. The average Bonchev–Trinajstić information content (AvgIpc) is 3.57. The number of hydrogen-bond acceptors (Lipinski definition) is 6. The Morgan fingerprint density at radius 2 is 1.82 bits per heavy atom. The summed E-state index contributed by atoms with van der Waals surface area (Å²) in [5.74, 6) is -3.23. The molecule has 40 heavy (non-hydrogen) atoms. The number of phenols is 1. The molecule has 1 fully saturated rings. The molecule has 206 valence electrons. The molecule has 4 aromatic rings. The van der Waals surface area contributed by atoms with Crippen LogP contribution in [0.1, 0.15) is 41.0 Å². The molecule has 3 heterocycles. The topological polar surface area (TPSA) is 173 Å². The third-order valence-corrected chi connectivity index (χ3v) is 7.20. The molecule has 0 aliphatic carbocycles. The molecule has 0 radical (unpaired) electrons. The van der Waals surface area contributed by atoms with Gasteiger partial charge in [0.1, 0.15) is 23.5 Å². The van der Waals surface area contributed by atoms with Gasteiger partial charge in [0, 0.05) is 42.1 Å². The summed E-state index contributed by atoms with van der Waals surface area (Å²) in [7, 11) is 0. The predicted molar refractivity (Wildman–Crippen MR) is 145 cm³/mol. The summed E-state index contributed by atoms with van der Waals surface area (Å²) < 4.78 is 0. The lowest BCUT2D eigenvalue weighted by Gasteiger charge is -2.21. The van der Waals surface area contributed by atoms with E-state index in [1.54, 1.807) is 36.4 Å². The normalized spacial score (nSPS) is 15.8. The highest BCUT2D eigenvalue weighted by Gasteiger charge is 2.33. The van der Waals surface area contributed by atoms with Gasteiger partial charge in [-0.1, -0.05) is 30.3 Å². The Kier molecular flexibility index (Phi) is 7.37. The first-order valence-electron chi connectivity index (χ1n) is 13.0. The third-order valence-electron chi connectivity index (χ3n) is 7.20. The van der Waals surface area contributed by atoms with E-state index < -0.39 is 29.9 Å². The number of carbonyl (C=O) groups excluding carboxylic acids is 2. The summed E-state index contributed by atoms with van der Waals surface area (Å²) in [5, 5.41) is 33.0. The van der Waals surface area contributed by atoms with Gasteiger partial charge in [-0.2, -0.15) is 0 Å². The standard InChI is InChI=1S/C29H28N4O7/c34-17-8-9-20-18(14-17)19-15-22(27(36)32-23(28(37)38)13-16-5-2-1-3-6-16)30-21(26(19)31-20)10-11-25(35)33-12-4-7-24(33)29(39)40/h1-3,5-6,8-9,14-15,23-24,31,34H,4,7,10-13H2,(H,32,36)(H,37,38)(H,39,40)/t23-,24-/m0/s1. The van der Waals surface area contributed by atoms with Crippen molar-refractivity contribution in [2.45, 2.75) is 44.2 Å². The minimum Gasteiger partial charge on any atom is -0.508 e. The summed E-state index contributed by atoms with van der Waals surface area (Å²) in [4.78, 5) is 58.8. The fourth-order valence-corrected chi connectivity index (χ4v) is 5.22. The van der Waals surface area contributed by atoms with Crippen molar-refractivity contribution in [3.8, 4) is 5.75 Å². The summed E-state index contributed by atoms with van der Waals surface area (Å²) in [6.07, 6.45) is 1.18. The zero-order valence-electron chi connectivity index (χ0n) is 21.5. The van der Waals surface area contributed by atoms with E-state index in [0.29, 0.717) is 46.9 Å². The zero-order chi connectivity index (χ0) is 28.4. The Balaban J connectivity index is 1.46. The van der Waals surface area contributed by atoms with Crippen LogP contribution in [0.25, 0.3) is 21.8 Å². The van der Waals surface area contributed by atoms with Gasteiger partial charge in [-0.15, -0.1) is 0 Å². The molecule has 5 N–H and O–H groups in total. The molecule has 2 atom stereocenters. The molecule has 0 spiro atoms. The van der Waals surface area contributed by atoms with Crippen molar-refractivity contribution in [1.29, 1.82) is 0 Å². The van der Waals surface area contributed by atoms with Gasteiger partial charge in [0.2, 0.25) is 5.91 Å². The van der Waals surface area contributed by atoms with Crippen LogP contribution in [0, 0.1) is 0 Å². The molecular weight excluding hydrogens is 516 g/mol. The van der Waals surface area contributed by atoms with Crippen molar-refractivity contribution in [1.82, 2.24) is 20.2 Å². The van der Waals surface area contributed by atoms with E-state index in [2.05, 4.69) is 15.3 Å². The number of nitrogens with one attached hydrogen (secondary N) is 2. The van der Waals surface area contributed by atoms with Crippen LogP contribution in [0.2, 0.25) is 0 Å². The van der Waals surface area contributed by atoms with Crippen LogP contribution in [0.3, 0.4) is 0 Å². The van der Waals surface area contributed by atoms with E-state index >= 15 is 0 Å². The lowest BCUT2D eigenvalue weighted by atomic mass is 10.1. The maximum atomic E-state index is 13.3. The van der Waals surface area contributed by atoms with Gasteiger partial charge < -0.3 is 30.5 Å². The summed E-state index contributed by atoms with van der Waals surface area (Å²) in [6, 6.07) is 13.1. The van der Waals surface area contributed by atoms with Crippen molar-refractivity contribution in [3.63, 3.8) is 0 Å². The van der Waals surface area contributed by atoms with Gasteiger partial charge in [0.05, 0.1) is 11.2 Å². The number of aryl methyl sites for hydroxylation is 1. The second kappa shape index (κ2) is 11.0. The van der Waals surface area contributed by atoms with Crippen LogP contribution >= 0.6 is 0 Å². The number of H-pyrrole nitrogens is 1. The van der Waals surface area contributed by atoms with Gasteiger partial charge in [0.15, 0.2) is 0 Å². The molecule has 2 aromatic carbocycles. The second-order valence-electron chi connectivity index (χ2n) is 9.87. The second-order valence-corrected chi connectivity index (χ2v) is 9.87. The number of aromatic amines is 1. The van der Waals surface area contributed by atoms with Gasteiger partial charge in [-0.3, -0.25) is 9.59 Å². The number of phenolic OH excluding ortho intramolecular Hbond substituents is 1. The molecule has 11 heteroatoms. The number of carboxylic acid groups (broad SMARTS) is 2. The number of fused-ring (bicyclic) bond motifs is 3. The molecule has 5 rings (SSSR count). The molecule has 0 unspecified atom stereocenters. The molecule has 1 aliphatic rings. The molecule has 2 amide bonds. The quantitative estimate of drug-likeness (QED) is 0.214. The number of benzene rings is 2. The first-order chi connectivity index (χ1) is 19.2. The molecule has 11 nitrogen and oxygen atoms in total. The van der Waals surface area contributed by atoms with E-state index in [0.717, 1.165) is 5.56 Å². The Bertz CT molecular complexity index is 1620. The molecule has 0 bridgehead atoms. The van der Waals surface area contributed by atoms with Gasteiger partial charge in [-0.25, -0.2) is 14.6 Å². The number of carboxylic acids is 2. The predicted octanol–water partition coefficient (Wildman–Crippen LogP) is 2.86. The Morgan fingerprint density at radius 3 is 2.55 bits per heavy atom. The zero-order valence-corrected chi connectivity index (χ0v) is 21.5. The minimum atomic E-state index is -1.20. The number of aromatic nitrogens is 2. The van der Waals surface area contributed by atoms with Gasteiger partial charge in [-0.05, 0) is 42.7 Å². The SMILES string of the molecule is O=C(N[C@@H](Cc1ccccc1)C(=O)O)c1cc2c([nH]c3ccc(O)cc32)c(CCC(=O)N2CCC[C@H]2C(=O)O)n1. The maximum Gasteiger partial charge on any atom is 0.326 e. The Hall–Kier alpha value is -4.93. The molecular formula is C29H28N4O7. The molecule has 0 saturated carbocycles. The van der Waals surface area contributed by atoms with E-state index in [9.17, 15) is 34.5 Å². The Labute approximate surface area is 228 Å². The van der Waals surface area contributed by atoms with Crippen LogP contribution in [0.5, 0.6) is 5.75 Å². The number of hydrogen-bond donors (Lipinski definition) is 5. The van der Waals surface area contributed by atoms with Crippen LogP contribution in [0.15, 0.2) is 54.6 Å². The van der Waals surface area contributed by atoms with E-state index in [1.807, 2.05) is 6.07 Å². The fraction of sp³-hybridized carbons (Fsp3) is 0.276. The summed E-state index contributed by atoms with van der Waals surface area (Å²) in [5.41, 5.74) is 2.35. The lowest BCUT2D eigenvalue weighted by Crippen LogP contribution is -2.42. The number of nitrogens with zero attached hydrogens (tertiary/aromatic N) is 2. The number of rotatable bonds is 9. The lowest BCUT2D eigenvalue weighted by molar-refractivity contribution is -0.148. The van der Waals surface area contributed by atoms with Gasteiger partial charge in [0.25, 0.3) is 5.91 Å². The van der Waals surface area contributed by atoms with Crippen LogP contribution in [-0.2, 0) is 27.2 Å². The number of carbonyl (C=O) groups is 4. The van der Waals surface area contributed by atoms with E-state index in [4.69, 9.17) is 0 Å². The van der Waals surface area contributed by atoms with E-state index in [-0.39, 0.29) is 36.6 Å². The van der Waals surface area contributed by atoms with Crippen LogP contribution in [0.4, 0.5) is 0 Å². The van der Waals surface area contributed by atoms with Crippen molar-refractivity contribution >= 4 is 45.6 Å². The highest BCUT2D eigenvalue weighted by atomic mass is 16.4. The smallest absolute Gasteiger partial charge is 0.326 e. The third kappa shape index (κ3) is 5.44. The largest absolute Gasteiger partial charge is 0.508 e. The van der Waals surface area contributed by atoms with Gasteiger partial charge >= 0.3 is 11.9 Å². The van der Waals surface area contributed by atoms with E-state index in [1.165, 1.54) is 17.0 Å². The van der Waals surface area contributed by atoms with Crippen LogP contribution in [-0.4, -0.2) is 72.6 Å². The summed E-state index contributed by atoms with van der Waals surface area (Å²) in [6.45, 7) is 0.366. The monoisotopic (exact) mass is 544 g/mol. The van der Waals surface area contributed by atoms with Crippen molar-refractivity contribution in [3.05, 3.63) is 71.5 Å². The minimum absolute atomic E-state index is 0.0236. The first-order valence-corrected chi connectivity index (χ1v) is 13.0. The van der Waals surface area contributed by atoms with Crippen LogP contribution < -0.4 is 5.32 Å². The number of aromatic hydroxyl groups is 1. The highest BCUT2D eigenvalue weighted by Crippen LogP contribution is 2.31. The molecule has 1 aliphatic heterocycles. The average molecular weight is 545 g/mol. The first kappa shape index (κ1) is 26.7.